The third-order valence-corrected chi connectivity index (χ3v) is 2.03. The van der Waals surface area contributed by atoms with Gasteiger partial charge in [0.1, 0.15) is 31.4 Å². The van der Waals surface area contributed by atoms with Crippen molar-refractivity contribution < 1.29 is 0 Å². The van der Waals surface area contributed by atoms with E-state index in [1.54, 1.807) is 0 Å². The maximum Gasteiger partial charge on any atom is 0.140 e. The summed E-state index contributed by atoms with van der Waals surface area (Å²) in [6.45, 7) is 0.764. The first-order valence-corrected chi connectivity index (χ1v) is 4.31. The summed E-state index contributed by atoms with van der Waals surface area (Å²) in [5.74, 6) is 0. The zero-order valence-electron chi connectivity index (χ0n) is 8.17. The summed E-state index contributed by atoms with van der Waals surface area (Å²) in [6, 6.07) is 0. The van der Waals surface area contributed by atoms with Crippen molar-refractivity contribution in [1.82, 2.24) is 10.3 Å². The highest BCUT2D eigenvalue weighted by molar-refractivity contribution is 6.61. The van der Waals surface area contributed by atoms with Crippen LogP contribution in [0, 0.1) is 0 Å². The lowest BCUT2D eigenvalue weighted by molar-refractivity contribution is 0.782. The van der Waals surface area contributed by atoms with Crippen LogP contribution in [-0.2, 0) is 6.42 Å². The molecule has 0 amide bonds. The number of nitrogens with zero attached hydrogens (tertiary/aromatic N) is 1. The molecule has 6 heteroatoms. The summed E-state index contributed by atoms with van der Waals surface area (Å²) in [6.07, 6.45) is 0.678. The monoisotopic (exact) mass is 176 g/mol. The highest BCUT2D eigenvalue weighted by Crippen LogP contribution is 1.84. The van der Waals surface area contributed by atoms with Crippen LogP contribution in [0.4, 0.5) is 0 Å². The van der Waals surface area contributed by atoms with Gasteiger partial charge < -0.3 is 5.32 Å². The second-order valence-electron chi connectivity index (χ2n) is 3.04. The molecule has 0 atom stereocenters. The Morgan fingerprint density at radius 2 is 1.71 bits per heavy atom. The normalized spacial score (nSPS) is 10.4. The summed E-state index contributed by atoms with van der Waals surface area (Å²) in [4.78, 5) is 4.08. The molecule has 0 aliphatic rings. The van der Waals surface area contributed by atoms with Crippen LogP contribution in [0.5, 0.6) is 0 Å². The maximum absolute atomic E-state index is 5.74. The fraction of sp³-hybridized carbons (Fsp3) is 0.375. The Morgan fingerprint density at radius 3 is 2.29 bits per heavy atom. The molecule has 0 aromatic carbocycles. The average Bonchev–Trinajstić information content (AvgIpc) is 2.18. The molecule has 0 spiro atoms. The van der Waals surface area contributed by atoms with Crippen LogP contribution >= 0.6 is 0 Å². The van der Waals surface area contributed by atoms with Crippen LogP contribution in [0.15, 0.2) is 0 Å². The molecule has 14 heavy (non-hydrogen) atoms. The Hall–Kier alpha value is -0.630. The average molecular weight is 175 g/mol. The van der Waals surface area contributed by atoms with Gasteiger partial charge in [-0.25, -0.2) is 0 Å². The van der Waals surface area contributed by atoms with Gasteiger partial charge in [0.25, 0.3) is 0 Å². The molecular formula is C8H8B4N2. The topological polar surface area (TPSA) is 24.9 Å². The molecule has 1 heterocycles. The molecule has 0 saturated heterocycles. The fourth-order valence-corrected chi connectivity index (χ4v) is 1.14. The van der Waals surface area contributed by atoms with Crippen molar-refractivity contribution in [1.29, 1.82) is 0 Å². The van der Waals surface area contributed by atoms with E-state index in [0.717, 1.165) is 6.54 Å². The van der Waals surface area contributed by atoms with E-state index in [0.29, 0.717) is 23.0 Å². The Labute approximate surface area is 89.9 Å². The SMILES string of the molecule is [B]c1nc(CCNC)c([B])c([B])c1[B]. The van der Waals surface area contributed by atoms with E-state index in [-0.39, 0.29) is 11.1 Å². The highest BCUT2D eigenvalue weighted by Gasteiger charge is 2.06. The van der Waals surface area contributed by atoms with Gasteiger partial charge >= 0.3 is 0 Å². The van der Waals surface area contributed by atoms with Crippen molar-refractivity contribution >= 4 is 53.4 Å². The molecule has 1 aromatic rings. The second kappa shape index (κ2) is 4.74. The van der Waals surface area contributed by atoms with Crippen molar-refractivity contribution in [2.24, 2.45) is 0 Å². The minimum atomic E-state index is 0.239. The van der Waals surface area contributed by atoms with Gasteiger partial charge in [-0.15, -0.1) is 5.46 Å². The lowest BCUT2D eigenvalue weighted by Crippen LogP contribution is -2.51. The summed E-state index contributed by atoms with van der Waals surface area (Å²) < 4.78 is 0. The van der Waals surface area contributed by atoms with Gasteiger partial charge in [0, 0.05) is 18.7 Å². The smallest absolute Gasteiger partial charge is 0.140 e. The Morgan fingerprint density at radius 1 is 1.07 bits per heavy atom. The van der Waals surface area contributed by atoms with Crippen molar-refractivity contribution in [3.63, 3.8) is 0 Å². The summed E-state index contributed by atoms with van der Waals surface area (Å²) in [5, 5.41) is 2.99. The van der Waals surface area contributed by atoms with Crippen LogP contribution in [0.3, 0.4) is 0 Å². The minimum absolute atomic E-state index is 0.239. The van der Waals surface area contributed by atoms with Crippen LogP contribution in [0.25, 0.3) is 0 Å². The Balaban J connectivity index is 3.06. The molecule has 1 aromatic heterocycles. The van der Waals surface area contributed by atoms with Crippen molar-refractivity contribution in [2.45, 2.75) is 6.42 Å². The van der Waals surface area contributed by atoms with E-state index in [1.165, 1.54) is 0 Å². The molecule has 0 fully saturated rings. The number of aromatic nitrogens is 1. The van der Waals surface area contributed by atoms with E-state index in [2.05, 4.69) is 10.3 Å². The van der Waals surface area contributed by atoms with Crippen LogP contribution in [0.1, 0.15) is 5.69 Å². The fourth-order valence-electron chi connectivity index (χ4n) is 1.14. The Kier molecular flexibility index (Phi) is 3.87. The lowest BCUT2D eigenvalue weighted by atomic mass is 9.68. The van der Waals surface area contributed by atoms with Gasteiger partial charge in [-0.3, -0.25) is 4.98 Å². The number of likely N-dealkylation sites (N-methyl/N-ethyl adjacent to an activating group) is 1. The zero-order valence-corrected chi connectivity index (χ0v) is 8.17. The summed E-state index contributed by atoms with van der Waals surface area (Å²) in [5.41, 5.74) is 1.93. The first kappa shape index (κ1) is 11.4. The quantitative estimate of drug-likeness (QED) is 0.474. The first-order chi connectivity index (χ1) is 6.57. The van der Waals surface area contributed by atoms with E-state index in [9.17, 15) is 0 Å². The summed E-state index contributed by atoms with van der Waals surface area (Å²) >= 11 is 0. The van der Waals surface area contributed by atoms with Gasteiger partial charge in [-0.05, 0) is 12.6 Å². The molecule has 1 rings (SSSR count). The largest absolute Gasteiger partial charge is 0.319 e. The van der Waals surface area contributed by atoms with Gasteiger partial charge in [0.2, 0.25) is 0 Å². The number of hydrogen-bond donors (Lipinski definition) is 1. The molecule has 0 saturated carbocycles. The zero-order chi connectivity index (χ0) is 10.7. The van der Waals surface area contributed by atoms with E-state index in [4.69, 9.17) is 31.4 Å². The van der Waals surface area contributed by atoms with E-state index < -0.39 is 0 Å². The molecule has 8 radical (unpaired) electrons. The molecule has 0 aliphatic heterocycles. The predicted molar refractivity (Wildman–Crippen MR) is 63.4 cm³/mol. The maximum atomic E-state index is 5.74. The van der Waals surface area contributed by atoms with Gasteiger partial charge in [0.15, 0.2) is 0 Å². The van der Waals surface area contributed by atoms with Gasteiger partial charge in [-0.1, -0.05) is 10.9 Å². The number of hydrogen-bond acceptors (Lipinski definition) is 2. The van der Waals surface area contributed by atoms with Gasteiger partial charge in [0.05, 0.1) is 0 Å². The third kappa shape index (κ3) is 2.24. The van der Waals surface area contributed by atoms with E-state index in [1.807, 2.05) is 7.05 Å². The van der Waals surface area contributed by atoms with E-state index >= 15 is 0 Å². The molecular weight excluding hydrogens is 167 g/mol. The predicted octanol–water partition coefficient (Wildman–Crippen LogP) is -3.98. The third-order valence-electron chi connectivity index (χ3n) is 2.03. The molecule has 0 bridgehead atoms. The highest BCUT2D eigenvalue weighted by atomic mass is 14.8. The number of rotatable bonds is 3. The molecule has 0 unspecified atom stereocenters. The minimum Gasteiger partial charge on any atom is -0.319 e. The first-order valence-electron chi connectivity index (χ1n) is 4.31. The number of nitrogens with one attached hydrogen (secondary N) is 1. The summed E-state index contributed by atoms with van der Waals surface area (Å²) in [7, 11) is 24.4. The standard InChI is InChI=1S/C8H8B4N2/c1-13-3-2-4-5(9)6(10)7(11)8(12)14-4/h13H,2-3H2,1H3. The van der Waals surface area contributed by atoms with Crippen LogP contribution in [-0.4, -0.2) is 50.0 Å². The van der Waals surface area contributed by atoms with Gasteiger partial charge in [-0.2, -0.15) is 0 Å². The lowest BCUT2D eigenvalue weighted by Gasteiger charge is -2.14. The van der Waals surface area contributed by atoms with Crippen LogP contribution < -0.4 is 27.3 Å². The number of pyridine rings is 1. The second-order valence-corrected chi connectivity index (χ2v) is 3.04. The van der Waals surface area contributed by atoms with Crippen molar-refractivity contribution in [2.75, 3.05) is 13.6 Å². The molecule has 2 nitrogen and oxygen atoms in total. The van der Waals surface area contributed by atoms with Crippen molar-refractivity contribution in [3.05, 3.63) is 5.69 Å². The molecule has 1 N–H and O–H groups in total. The molecule has 62 valence electrons. The Bertz CT molecular complexity index is 341. The molecule has 0 aliphatic carbocycles. The van der Waals surface area contributed by atoms with Crippen molar-refractivity contribution in [3.8, 4) is 0 Å². The van der Waals surface area contributed by atoms with Crippen LogP contribution in [0.2, 0.25) is 0 Å².